The van der Waals surface area contributed by atoms with Crippen molar-refractivity contribution in [3.63, 3.8) is 0 Å². The molecule has 0 aliphatic carbocycles. The maximum absolute atomic E-state index is 12.7. The lowest BCUT2D eigenvalue weighted by atomic mass is 10.2. The van der Waals surface area contributed by atoms with Crippen molar-refractivity contribution in [2.45, 2.75) is 18.2 Å². The van der Waals surface area contributed by atoms with E-state index in [-0.39, 0.29) is 30.3 Å². The first kappa shape index (κ1) is 20.2. The Morgan fingerprint density at radius 3 is 2.39 bits per heavy atom. The molecular weight excluding hydrogens is 378 g/mol. The highest BCUT2D eigenvalue weighted by molar-refractivity contribution is 7.89. The summed E-state index contributed by atoms with van der Waals surface area (Å²) < 4.78 is 32.4. The quantitative estimate of drug-likeness (QED) is 0.744. The highest BCUT2D eigenvalue weighted by Gasteiger charge is 2.29. The normalized spacial score (nSPS) is 15.4. The lowest BCUT2D eigenvalue weighted by Crippen LogP contribution is -2.50. The maximum Gasteiger partial charge on any atom is 0.243 e. The molecule has 1 aliphatic rings. The van der Waals surface area contributed by atoms with Gasteiger partial charge >= 0.3 is 0 Å². The molecule has 2 aromatic rings. The first-order valence-corrected chi connectivity index (χ1v) is 10.6. The second-order valence-electron chi connectivity index (χ2n) is 6.77. The number of carbonyl (C=O) groups excluding carboxylic acids is 1. The number of anilines is 1. The molecule has 3 rings (SSSR count). The van der Waals surface area contributed by atoms with Gasteiger partial charge in [-0.15, -0.1) is 0 Å². The molecule has 0 radical (unpaired) electrons. The maximum atomic E-state index is 12.7. The average Bonchev–Trinajstić information content (AvgIpc) is 2.68. The molecule has 8 heteroatoms. The summed E-state index contributed by atoms with van der Waals surface area (Å²) >= 11 is 0. The van der Waals surface area contributed by atoms with E-state index in [0.29, 0.717) is 25.4 Å². The average molecular weight is 404 g/mol. The van der Waals surface area contributed by atoms with Gasteiger partial charge in [-0.3, -0.25) is 4.79 Å². The number of nitrogens with two attached hydrogens (primary N) is 1. The van der Waals surface area contributed by atoms with Crippen LogP contribution in [0.3, 0.4) is 0 Å². The molecule has 7 nitrogen and oxygen atoms in total. The molecule has 0 unspecified atom stereocenters. The number of carbonyl (C=O) groups is 1. The van der Waals surface area contributed by atoms with Crippen LogP contribution >= 0.6 is 0 Å². The third-order valence-corrected chi connectivity index (χ3v) is 6.60. The van der Waals surface area contributed by atoms with Crippen molar-refractivity contribution >= 4 is 21.6 Å². The molecule has 0 saturated carbocycles. The number of hydrogen-bond donors (Lipinski definition) is 1. The van der Waals surface area contributed by atoms with Gasteiger partial charge in [0.15, 0.2) is 0 Å². The van der Waals surface area contributed by atoms with Crippen LogP contribution in [-0.4, -0.2) is 56.3 Å². The lowest BCUT2D eigenvalue weighted by Gasteiger charge is -2.34. The molecule has 1 aliphatic heterocycles. The van der Waals surface area contributed by atoms with Crippen molar-refractivity contribution in [3.05, 3.63) is 54.1 Å². The van der Waals surface area contributed by atoms with Crippen LogP contribution in [0.15, 0.2) is 53.4 Å². The van der Waals surface area contributed by atoms with E-state index in [0.717, 1.165) is 11.3 Å². The van der Waals surface area contributed by atoms with Gasteiger partial charge in [0.2, 0.25) is 15.9 Å². The molecule has 1 amide bonds. The van der Waals surface area contributed by atoms with Crippen LogP contribution in [0.5, 0.6) is 5.75 Å². The number of hydrogen-bond acceptors (Lipinski definition) is 5. The number of nitrogens with zero attached hydrogens (tertiary/aromatic N) is 2. The Hall–Kier alpha value is -2.58. The van der Waals surface area contributed by atoms with Crippen molar-refractivity contribution in [2.24, 2.45) is 0 Å². The Labute approximate surface area is 165 Å². The van der Waals surface area contributed by atoms with Crippen molar-refractivity contribution in [1.82, 2.24) is 9.21 Å². The Morgan fingerprint density at radius 2 is 1.75 bits per heavy atom. The van der Waals surface area contributed by atoms with Crippen molar-refractivity contribution in [2.75, 3.05) is 38.5 Å². The highest BCUT2D eigenvalue weighted by atomic mass is 32.2. The van der Waals surface area contributed by atoms with Crippen molar-refractivity contribution in [1.29, 1.82) is 0 Å². The second-order valence-corrected chi connectivity index (χ2v) is 8.71. The molecule has 1 fully saturated rings. The molecule has 0 bridgehead atoms. The van der Waals surface area contributed by atoms with E-state index in [1.165, 1.54) is 16.4 Å². The number of rotatable bonds is 6. The number of amides is 1. The van der Waals surface area contributed by atoms with Crippen LogP contribution in [0.2, 0.25) is 0 Å². The van der Waals surface area contributed by atoms with Gasteiger partial charge in [-0.1, -0.05) is 12.1 Å². The summed E-state index contributed by atoms with van der Waals surface area (Å²) in [5.74, 6) is 0.712. The number of ether oxygens (including phenoxy) is 1. The first-order chi connectivity index (χ1) is 13.4. The molecule has 28 heavy (non-hydrogen) atoms. The number of benzene rings is 2. The smallest absolute Gasteiger partial charge is 0.243 e. The summed E-state index contributed by atoms with van der Waals surface area (Å²) in [7, 11) is -3.57. The molecule has 0 spiro atoms. The van der Waals surface area contributed by atoms with Crippen LogP contribution in [0, 0.1) is 6.92 Å². The van der Waals surface area contributed by atoms with Crippen molar-refractivity contribution < 1.29 is 17.9 Å². The Bertz CT molecular complexity index is 921. The summed E-state index contributed by atoms with van der Waals surface area (Å²) in [6.07, 6.45) is 0.263. The van der Waals surface area contributed by atoms with E-state index in [1.807, 2.05) is 31.2 Å². The fraction of sp³-hybridized carbons (Fsp3) is 0.350. The molecule has 0 aromatic heterocycles. The topological polar surface area (TPSA) is 92.9 Å². The fourth-order valence-corrected chi connectivity index (χ4v) is 4.51. The number of nitrogen functional groups attached to an aromatic ring is 1. The summed E-state index contributed by atoms with van der Waals surface area (Å²) in [6.45, 7) is 3.57. The van der Waals surface area contributed by atoms with Gasteiger partial charge in [-0.2, -0.15) is 4.31 Å². The number of sulfonamides is 1. The van der Waals surface area contributed by atoms with Crippen LogP contribution in [0.25, 0.3) is 0 Å². The van der Waals surface area contributed by atoms with E-state index in [9.17, 15) is 13.2 Å². The van der Waals surface area contributed by atoms with E-state index in [4.69, 9.17) is 10.5 Å². The lowest BCUT2D eigenvalue weighted by molar-refractivity contribution is -0.132. The summed E-state index contributed by atoms with van der Waals surface area (Å²) in [4.78, 5) is 14.3. The third-order valence-electron chi connectivity index (χ3n) is 4.68. The zero-order valence-electron chi connectivity index (χ0n) is 15.9. The Balaban J connectivity index is 1.49. The van der Waals surface area contributed by atoms with Crippen LogP contribution in [-0.2, 0) is 14.8 Å². The van der Waals surface area contributed by atoms with Gasteiger partial charge < -0.3 is 15.4 Å². The predicted octanol–water partition coefficient (Wildman–Crippen LogP) is 1.88. The number of aryl methyl sites for hydroxylation is 1. The van der Waals surface area contributed by atoms with Crippen LogP contribution in [0.4, 0.5) is 5.69 Å². The summed E-state index contributed by atoms with van der Waals surface area (Å²) in [5.41, 5.74) is 7.24. The van der Waals surface area contributed by atoms with Crippen molar-refractivity contribution in [3.8, 4) is 5.75 Å². The summed E-state index contributed by atoms with van der Waals surface area (Å²) in [6, 6.07) is 13.8. The molecule has 2 aromatic carbocycles. The van der Waals surface area contributed by atoms with E-state index < -0.39 is 10.0 Å². The molecule has 0 atom stereocenters. The molecule has 1 saturated heterocycles. The van der Waals surface area contributed by atoms with Gasteiger partial charge in [0.1, 0.15) is 5.75 Å². The SMILES string of the molecule is Cc1cccc(OCCC(=O)N2CCN(S(=O)(=O)c3ccc(N)cc3)CC2)c1. The number of piperazine rings is 1. The van der Waals surface area contributed by atoms with Gasteiger partial charge in [-0.25, -0.2) is 8.42 Å². The first-order valence-electron chi connectivity index (χ1n) is 9.19. The van der Waals surface area contributed by atoms with Gasteiger partial charge in [0.25, 0.3) is 0 Å². The largest absolute Gasteiger partial charge is 0.493 e. The Kier molecular flexibility index (Phi) is 6.21. The third kappa shape index (κ3) is 4.82. The van der Waals surface area contributed by atoms with Gasteiger partial charge in [0, 0.05) is 31.9 Å². The van der Waals surface area contributed by atoms with Gasteiger partial charge in [-0.05, 0) is 48.9 Å². The minimum Gasteiger partial charge on any atom is -0.493 e. The zero-order valence-corrected chi connectivity index (χ0v) is 16.7. The molecule has 150 valence electrons. The zero-order chi connectivity index (χ0) is 20.1. The Morgan fingerprint density at radius 1 is 1.07 bits per heavy atom. The second kappa shape index (κ2) is 8.62. The fourth-order valence-electron chi connectivity index (χ4n) is 3.09. The van der Waals surface area contributed by atoms with Crippen LogP contribution in [0.1, 0.15) is 12.0 Å². The minimum atomic E-state index is -3.57. The summed E-state index contributed by atoms with van der Waals surface area (Å²) in [5, 5.41) is 0. The molecule has 1 heterocycles. The van der Waals surface area contributed by atoms with E-state index in [1.54, 1.807) is 17.0 Å². The molecule has 2 N–H and O–H groups in total. The monoisotopic (exact) mass is 403 g/mol. The van der Waals surface area contributed by atoms with E-state index in [2.05, 4.69) is 0 Å². The van der Waals surface area contributed by atoms with Gasteiger partial charge in [0.05, 0.1) is 17.9 Å². The highest BCUT2D eigenvalue weighted by Crippen LogP contribution is 2.19. The van der Waals surface area contributed by atoms with E-state index >= 15 is 0 Å². The van der Waals surface area contributed by atoms with Crippen LogP contribution < -0.4 is 10.5 Å². The minimum absolute atomic E-state index is 0.0304. The predicted molar refractivity (Wildman–Crippen MR) is 107 cm³/mol. The standard InChI is InChI=1S/C20H25N3O4S/c1-16-3-2-4-18(15-16)27-14-9-20(24)22-10-12-23(13-11-22)28(25,26)19-7-5-17(21)6-8-19/h2-8,15H,9-14,21H2,1H3. The molecular formula is C20H25N3O4S.